The molecule has 1 unspecified atom stereocenters. The van der Waals surface area contributed by atoms with E-state index in [9.17, 15) is 4.21 Å². The molecule has 4 nitrogen and oxygen atoms in total. The fourth-order valence-corrected chi connectivity index (χ4v) is 5.33. The summed E-state index contributed by atoms with van der Waals surface area (Å²) >= 11 is 1.70. The van der Waals surface area contributed by atoms with Crippen molar-refractivity contribution in [2.24, 2.45) is 0 Å². The van der Waals surface area contributed by atoms with Crippen molar-refractivity contribution in [3.8, 4) is 16.5 Å². The van der Waals surface area contributed by atoms with Gasteiger partial charge in [0.05, 0.1) is 26.4 Å². The van der Waals surface area contributed by atoms with Crippen LogP contribution in [0.1, 0.15) is 55.5 Å². The Morgan fingerprint density at radius 1 is 1.38 bits per heavy atom. The largest absolute Gasteiger partial charge is 0.249 e. The summed E-state index contributed by atoms with van der Waals surface area (Å²) in [5.74, 6) is 0.568. The Bertz CT molecular complexity index is 773. The SMILES string of the molecule is CCNS(=O)c1cc(C#N)ccc1-c1cnc(C2CCCCC2)s1. The van der Waals surface area contributed by atoms with Crippen LogP contribution in [0.2, 0.25) is 0 Å². The molecule has 1 aromatic heterocycles. The molecule has 6 heteroatoms. The monoisotopic (exact) mass is 359 g/mol. The van der Waals surface area contributed by atoms with Crippen LogP contribution in [-0.4, -0.2) is 15.7 Å². The van der Waals surface area contributed by atoms with Crippen LogP contribution < -0.4 is 4.72 Å². The third-order valence-electron chi connectivity index (χ3n) is 4.33. The zero-order valence-electron chi connectivity index (χ0n) is 13.7. The molecule has 3 rings (SSSR count). The molecule has 2 aromatic rings. The van der Waals surface area contributed by atoms with Gasteiger partial charge in [-0.25, -0.2) is 13.9 Å². The first-order valence-corrected chi connectivity index (χ1v) is 10.3. The zero-order chi connectivity index (χ0) is 16.9. The van der Waals surface area contributed by atoms with E-state index >= 15 is 0 Å². The van der Waals surface area contributed by atoms with Crippen molar-refractivity contribution < 1.29 is 4.21 Å². The minimum Gasteiger partial charge on any atom is -0.249 e. The van der Waals surface area contributed by atoms with E-state index < -0.39 is 11.0 Å². The second kappa shape index (κ2) is 8.02. The molecule has 1 heterocycles. The van der Waals surface area contributed by atoms with E-state index in [2.05, 4.69) is 15.8 Å². The van der Waals surface area contributed by atoms with Gasteiger partial charge in [0.15, 0.2) is 0 Å². The molecule has 1 aromatic carbocycles. The van der Waals surface area contributed by atoms with Gasteiger partial charge < -0.3 is 0 Å². The van der Waals surface area contributed by atoms with Crippen molar-refractivity contribution in [2.45, 2.75) is 49.8 Å². The van der Waals surface area contributed by atoms with Gasteiger partial charge in [0.1, 0.15) is 11.0 Å². The normalized spacial score (nSPS) is 16.7. The number of hydrogen-bond donors (Lipinski definition) is 1. The van der Waals surface area contributed by atoms with Crippen molar-refractivity contribution in [1.29, 1.82) is 5.26 Å². The molecule has 0 radical (unpaired) electrons. The van der Waals surface area contributed by atoms with Gasteiger partial charge in [-0.1, -0.05) is 32.3 Å². The fourth-order valence-electron chi connectivity index (χ4n) is 3.11. The fraction of sp³-hybridized carbons (Fsp3) is 0.444. The second-order valence-electron chi connectivity index (χ2n) is 5.99. The van der Waals surface area contributed by atoms with E-state index in [1.54, 1.807) is 23.5 Å². The molecule has 24 heavy (non-hydrogen) atoms. The summed E-state index contributed by atoms with van der Waals surface area (Å²) < 4.78 is 15.4. The van der Waals surface area contributed by atoms with Crippen LogP contribution >= 0.6 is 11.3 Å². The first-order valence-electron chi connectivity index (χ1n) is 8.38. The summed E-state index contributed by atoms with van der Waals surface area (Å²) in [5.41, 5.74) is 1.44. The Morgan fingerprint density at radius 3 is 2.88 bits per heavy atom. The number of nitriles is 1. The Kier molecular flexibility index (Phi) is 5.77. The van der Waals surface area contributed by atoms with Gasteiger partial charge in [-0.05, 0) is 25.0 Å². The summed E-state index contributed by atoms with van der Waals surface area (Å²) in [4.78, 5) is 6.33. The van der Waals surface area contributed by atoms with E-state index in [0.717, 1.165) is 10.4 Å². The van der Waals surface area contributed by atoms with E-state index in [4.69, 9.17) is 5.26 Å². The summed E-state index contributed by atoms with van der Waals surface area (Å²) in [6, 6.07) is 7.51. The molecular weight excluding hydrogens is 338 g/mol. The lowest BCUT2D eigenvalue weighted by atomic mass is 9.90. The first-order chi connectivity index (χ1) is 11.7. The van der Waals surface area contributed by atoms with Crippen LogP contribution in [0, 0.1) is 11.3 Å². The van der Waals surface area contributed by atoms with Crippen molar-refractivity contribution in [3.63, 3.8) is 0 Å². The molecule has 0 saturated heterocycles. The van der Waals surface area contributed by atoms with Crippen molar-refractivity contribution in [2.75, 3.05) is 6.54 Å². The predicted octanol–water partition coefficient (Wildman–Crippen LogP) is 4.36. The highest BCUT2D eigenvalue weighted by atomic mass is 32.2. The van der Waals surface area contributed by atoms with Gasteiger partial charge in [-0.2, -0.15) is 5.26 Å². The smallest absolute Gasteiger partial charge is 0.125 e. The number of aromatic nitrogens is 1. The second-order valence-corrected chi connectivity index (χ2v) is 8.32. The van der Waals surface area contributed by atoms with Gasteiger partial charge in [0.2, 0.25) is 0 Å². The maximum Gasteiger partial charge on any atom is 0.125 e. The third kappa shape index (κ3) is 3.75. The van der Waals surface area contributed by atoms with Crippen molar-refractivity contribution in [3.05, 3.63) is 35.0 Å². The number of hydrogen-bond acceptors (Lipinski definition) is 4. The van der Waals surface area contributed by atoms with E-state index in [0.29, 0.717) is 22.9 Å². The molecule has 1 atom stereocenters. The summed E-state index contributed by atoms with van der Waals surface area (Å²) in [7, 11) is -1.33. The summed E-state index contributed by atoms with van der Waals surface area (Å²) in [6.07, 6.45) is 8.23. The van der Waals surface area contributed by atoms with Crippen LogP contribution in [0.3, 0.4) is 0 Å². The Balaban J connectivity index is 1.95. The molecule has 1 aliphatic rings. The Morgan fingerprint density at radius 2 is 2.17 bits per heavy atom. The highest BCUT2D eigenvalue weighted by Crippen LogP contribution is 2.38. The maximum atomic E-state index is 12.5. The van der Waals surface area contributed by atoms with E-state index in [1.165, 1.54) is 37.1 Å². The average molecular weight is 360 g/mol. The highest BCUT2D eigenvalue weighted by Gasteiger charge is 2.20. The molecule has 0 spiro atoms. The van der Waals surface area contributed by atoms with Crippen LogP contribution in [0.15, 0.2) is 29.3 Å². The van der Waals surface area contributed by atoms with Gasteiger partial charge in [-0.15, -0.1) is 11.3 Å². The Hall–Kier alpha value is -1.55. The number of nitrogens with one attached hydrogen (secondary N) is 1. The number of thiazole rings is 1. The summed E-state index contributed by atoms with van der Waals surface area (Å²) in [6.45, 7) is 2.53. The van der Waals surface area contributed by atoms with Crippen LogP contribution in [0.25, 0.3) is 10.4 Å². The minimum absolute atomic E-state index is 0.525. The molecule has 1 fully saturated rings. The quantitative estimate of drug-likeness (QED) is 0.862. The van der Waals surface area contributed by atoms with Crippen LogP contribution in [0.5, 0.6) is 0 Å². The van der Waals surface area contributed by atoms with Crippen LogP contribution in [0.4, 0.5) is 0 Å². The molecule has 0 bridgehead atoms. The number of benzene rings is 1. The minimum atomic E-state index is -1.33. The predicted molar refractivity (Wildman–Crippen MR) is 98.2 cm³/mol. The molecule has 1 aliphatic carbocycles. The van der Waals surface area contributed by atoms with E-state index in [1.807, 2.05) is 19.2 Å². The molecular formula is C18H21N3OS2. The topological polar surface area (TPSA) is 65.8 Å². The maximum absolute atomic E-state index is 12.5. The molecule has 126 valence electrons. The molecule has 1 N–H and O–H groups in total. The molecule has 0 amide bonds. The van der Waals surface area contributed by atoms with Gasteiger partial charge in [0.25, 0.3) is 0 Å². The first kappa shape index (κ1) is 17.3. The third-order valence-corrected chi connectivity index (χ3v) is 6.81. The molecule has 1 saturated carbocycles. The standard InChI is InChI=1S/C18H21N3OS2/c1-2-21-24(22)17-10-13(11-19)8-9-15(17)16-12-20-18(23-16)14-6-4-3-5-7-14/h8-10,12,14,21H,2-7H2,1H3. The Labute approximate surface area is 149 Å². The zero-order valence-corrected chi connectivity index (χ0v) is 15.4. The summed E-state index contributed by atoms with van der Waals surface area (Å²) in [5, 5.41) is 10.3. The van der Waals surface area contributed by atoms with Crippen molar-refractivity contribution >= 4 is 22.3 Å². The molecule has 0 aliphatic heterocycles. The van der Waals surface area contributed by atoms with Crippen LogP contribution in [-0.2, 0) is 11.0 Å². The highest BCUT2D eigenvalue weighted by molar-refractivity contribution is 7.83. The lowest BCUT2D eigenvalue weighted by Crippen LogP contribution is -2.17. The lowest BCUT2D eigenvalue weighted by molar-refractivity contribution is 0.442. The van der Waals surface area contributed by atoms with Crippen molar-refractivity contribution in [1.82, 2.24) is 9.71 Å². The van der Waals surface area contributed by atoms with Gasteiger partial charge >= 0.3 is 0 Å². The number of rotatable bonds is 5. The average Bonchev–Trinajstić information content (AvgIpc) is 3.12. The number of nitrogens with zero attached hydrogens (tertiary/aromatic N) is 2. The van der Waals surface area contributed by atoms with Gasteiger partial charge in [0, 0.05) is 24.2 Å². The van der Waals surface area contributed by atoms with E-state index in [-0.39, 0.29) is 0 Å². The lowest BCUT2D eigenvalue weighted by Gasteiger charge is -2.18. The van der Waals surface area contributed by atoms with Gasteiger partial charge in [-0.3, -0.25) is 0 Å².